The summed E-state index contributed by atoms with van der Waals surface area (Å²) in [5.41, 5.74) is 8.69. The van der Waals surface area contributed by atoms with Gasteiger partial charge in [0.25, 0.3) is 0 Å². The Morgan fingerprint density at radius 2 is 1.06 bits per heavy atom. The van der Waals surface area contributed by atoms with Crippen molar-refractivity contribution in [2.75, 3.05) is 0 Å². The molecule has 0 atom stereocenters. The summed E-state index contributed by atoms with van der Waals surface area (Å²) in [7, 11) is 0. The van der Waals surface area contributed by atoms with E-state index in [1.165, 1.54) is 52.8 Å². The summed E-state index contributed by atoms with van der Waals surface area (Å²) in [5, 5.41) is 8.44. The van der Waals surface area contributed by atoms with E-state index in [9.17, 15) is 0 Å². The topological polar surface area (TPSA) is 35.6 Å². The van der Waals surface area contributed by atoms with Crippen LogP contribution in [0.3, 0.4) is 0 Å². The number of fused-ring (bicyclic) bond motifs is 11. The molecule has 4 nitrogen and oxygen atoms in total. The van der Waals surface area contributed by atoms with Crippen molar-refractivity contribution in [3.63, 3.8) is 0 Å². The molecule has 0 aliphatic rings. The fourth-order valence-electron chi connectivity index (χ4n) is 7.78. The molecule has 0 spiro atoms. The van der Waals surface area contributed by atoms with Crippen LogP contribution in [0.15, 0.2) is 158 Å². The van der Waals surface area contributed by atoms with Crippen molar-refractivity contribution >= 4 is 86.0 Å². The predicted octanol–water partition coefficient (Wildman–Crippen LogP) is 11.9. The van der Waals surface area contributed by atoms with E-state index in [1.807, 2.05) is 17.4 Å². The van der Waals surface area contributed by atoms with Crippen molar-refractivity contribution in [2.24, 2.45) is 0 Å². The minimum absolute atomic E-state index is 0.668. The third kappa shape index (κ3) is 3.79. The number of rotatable bonds is 3. The first-order valence-corrected chi connectivity index (χ1v) is 17.3. The molecule has 0 saturated carbocycles. The lowest BCUT2D eigenvalue weighted by Crippen LogP contribution is -2.03. The molecular weight excluding hydrogens is 617 g/mol. The molecule has 5 heteroatoms. The normalized spacial score (nSPS) is 12.1. The second kappa shape index (κ2) is 10.1. The van der Waals surface area contributed by atoms with Crippen LogP contribution in [-0.2, 0) is 0 Å². The largest absolute Gasteiger partial charge is 0.308 e. The summed E-state index contributed by atoms with van der Waals surface area (Å²) in [6.07, 6.45) is 0. The van der Waals surface area contributed by atoms with Crippen molar-refractivity contribution in [3.8, 4) is 22.9 Å². The molecule has 0 radical (unpaired) electrons. The number of aromatic nitrogens is 4. The minimum Gasteiger partial charge on any atom is -0.308 e. The molecule has 0 unspecified atom stereocenters. The fraction of sp³-hybridized carbons (Fsp3) is 0. The van der Waals surface area contributed by atoms with Gasteiger partial charge in [-0.15, -0.1) is 11.3 Å². The van der Waals surface area contributed by atoms with E-state index < -0.39 is 0 Å². The zero-order valence-corrected chi connectivity index (χ0v) is 27.0. The molecule has 11 aromatic rings. The number of benzene rings is 7. The molecular formula is C44H26N4S. The molecule has 11 rings (SSSR count). The van der Waals surface area contributed by atoms with Gasteiger partial charge in [-0.05, 0) is 42.5 Å². The Kier molecular flexibility index (Phi) is 5.51. The van der Waals surface area contributed by atoms with Crippen LogP contribution in [0.25, 0.3) is 97.6 Å². The van der Waals surface area contributed by atoms with E-state index in [4.69, 9.17) is 9.97 Å². The maximum absolute atomic E-state index is 5.32. The van der Waals surface area contributed by atoms with Gasteiger partial charge in [-0.2, -0.15) is 0 Å². The summed E-state index contributed by atoms with van der Waals surface area (Å²) in [5.74, 6) is 0.668. The summed E-state index contributed by atoms with van der Waals surface area (Å²) in [6.45, 7) is 0. The second-order valence-corrected chi connectivity index (χ2v) is 13.7. The summed E-state index contributed by atoms with van der Waals surface area (Å²) in [6, 6.07) is 56.3. The monoisotopic (exact) mass is 642 g/mol. The van der Waals surface area contributed by atoms with Crippen molar-refractivity contribution in [1.82, 2.24) is 19.1 Å². The van der Waals surface area contributed by atoms with Crippen molar-refractivity contribution < 1.29 is 0 Å². The lowest BCUT2D eigenvalue weighted by atomic mass is 10.1. The number of hydrogen-bond donors (Lipinski definition) is 0. The Morgan fingerprint density at radius 3 is 1.90 bits per heavy atom. The molecule has 0 saturated heterocycles. The molecule has 49 heavy (non-hydrogen) atoms. The van der Waals surface area contributed by atoms with Crippen LogP contribution < -0.4 is 0 Å². The molecule has 0 fully saturated rings. The van der Waals surface area contributed by atoms with Gasteiger partial charge in [0, 0.05) is 53.7 Å². The molecule has 228 valence electrons. The standard InChI is InChI=1S/C44H26N4S/c1-3-13-27(14-4-1)41-33-19-7-10-20-36(33)45-44(46-41)48-37-21-11-8-17-29(37)34-25-38-35(26-39(34)48)31-23-24-32-30-18-9-12-22-40(30)49-43(32)42(31)47(38)28-15-5-2-6-16-28/h1-26H. The van der Waals surface area contributed by atoms with Gasteiger partial charge in [-0.1, -0.05) is 115 Å². The molecule has 0 aliphatic carbocycles. The van der Waals surface area contributed by atoms with Gasteiger partial charge < -0.3 is 4.57 Å². The first-order valence-electron chi connectivity index (χ1n) is 16.5. The Balaban J connectivity index is 1.30. The van der Waals surface area contributed by atoms with Gasteiger partial charge in [0.1, 0.15) is 0 Å². The Hall–Kier alpha value is -6.30. The van der Waals surface area contributed by atoms with Gasteiger partial charge in [0.2, 0.25) is 5.95 Å². The third-order valence-electron chi connectivity index (χ3n) is 9.92. The molecule has 4 aromatic heterocycles. The van der Waals surface area contributed by atoms with Crippen LogP contribution in [0, 0.1) is 0 Å². The van der Waals surface area contributed by atoms with Crippen molar-refractivity contribution in [2.45, 2.75) is 0 Å². The van der Waals surface area contributed by atoms with Crippen molar-refractivity contribution in [3.05, 3.63) is 158 Å². The SMILES string of the molecule is c1ccc(-c2nc(-n3c4ccccc4c4cc5c(cc43)c3ccc4c6ccccc6sc4c3n5-c3ccccc3)nc3ccccc23)cc1. The maximum Gasteiger partial charge on any atom is 0.235 e. The summed E-state index contributed by atoms with van der Waals surface area (Å²) >= 11 is 1.88. The van der Waals surface area contributed by atoms with E-state index in [2.05, 4.69) is 161 Å². The Morgan fingerprint density at radius 1 is 0.429 bits per heavy atom. The van der Waals surface area contributed by atoms with Crippen LogP contribution in [-0.4, -0.2) is 19.1 Å². The molecule has 0 bridgehead atoms. The zero-order valence-electron chi connectivity index (χ0n) is 26.2. The van der Waals surface area contributed by atoms with Gasteiger partial charge in [0.05, 0.1) is 38.0 Å². The quantitative estimate of drug-likeness (QED) is 0.192. The number of para-hydroxylation sites is 3. The highest BCUT2D eigenvalue weighted by molar-refractivity contribution is 7.26. The number of nitrogens with zero attached hydrogens (tertiary/aromatic N) is 4. The van der Waals surface area contributed by atoms with Crippen LogP contribution in [0.4, 0.5) is 0 Å². The first kappa shape index (κ1) is 26.7. The highest BCUT2D eigenvalue weighted by atomic mass is 32.1. The minimum atomic E-state index is 0.668. The van der Waals surface area contributed by atoms with Crippen molar-refractivity contribution in [1.29, 1.82) is 0 Å². The van der Waals surface area contributed by atoms with E-state index in [0.717, 1.165) is 38.9 Å². The second-order valence-electron chi connectivity index (χ2n) is 12.6. The third-order valence-corrected chi connectivity index (χ3v) is 11.1. The number of hydrogen-bond acceptors (Lipinski definition) is 3. The van der Waals surface area contributed by atoms with Gasteiger partial charge >= 0.3 is 0 Å². The Bertz CT molecular complexity index is 3100. The smallest absolute Gasteiger partial charge is 0.235 e. The van der Waals surface area contributed by atoms with E-state index >= 15 is 0 Å². The molecule has 4 heterocycles. The van der Waals surface area contributed by atoms with Gasteiger partial charge in [-0.25, -0.2) is 9.97 Å². The molecule has 0 aliphatic heterocycles. The summed E-state index contributed by atoms with van der Waals surface area (Å²) in [4.78, 5) is 10.5. The Labute approximate surface area is 284 Å². The van der Waals surface area contributed by atoms with Gasteiger partial charge in [-0.3, -0.25) is 4.57 Å². The number of thiophene rings is 1. The van der Waals surface area contributed by atoms with E-state index in [-0.39, 0.29) is 0 Å². The highest BCUT2D eigenvalue weighted by Gasteiger charge is 2.22. The fourth-order valence-corrected chi connectivity index (χ4v) is 9.02. The molecule has 0 N–H and O–H groups in total. The van der Waals surface area contributed by atoms with Crippen LogP contribution in [0.2, 0.25) is 0 Å². The lowest BCUT2D eigenvalue weighted by molar-refractivity contribution is 1.01. The predicted molar refractivity (Wildman–Crippen MR) is 207 cm³/mol. The van der Waals surface area contributed by atoms with Crippen LogP contribution in [0.1, 0.15) is 0 Å². The molecule has 7 aromatic carbocycles. The average molecular weight is 643 g/mol. The first-order chi connectivity index (χ1) is 24.3. The van der Waals surface area contributed by atoms with Crippen LogP contribution >= 0.6 is 11.3 Å². The average Bonchev–Trinajstić information content (AvgIpc) is 3.81. The maximum atomic E-state index is 5.32. The molecule has 0 amide bonds. The van der Waals surface area contributed by atoms with E-state index in [0.29, 0.717) is 5.95 Å². The highest BCUT2D eigenvalue weighted by Crippen LogP contribution is 2.45. The lowest BCUT2D eigenvalue weighted by Gasteiger charge is -2.12. The van der Waals surface area contributed by atoms with Crippen LogP contribution in [0.5, 0.6) is 0 Å². The summed E-state index contributed by atoms with van der Waals surface area (Å²) < 4.78 is 7.34. The zero-order chi connectivity index (χ0) is 32.1. The van der Waals surface area contributed by atoms with E-state index in [1.54, 1.807) is 0 Å². The van der Waals surface area contributed by atoms with Gasteiger partial charge in [0.15, 0.2) is 0 Å².